The summed E-state index contributed by atoms with van der Waals surface area (Å²) in [5, 5.41) is 4.45. The van der Waals surface area contributed by atoms with Gasteiger partial charge in [-0.15, -0.1) is 0 Å². The van der Waals surface area contributed by atoms with Gasteiger partial charge in [-0.05, 0) is 45.7 Å². The molecule has 0 N–H and O–H groups in total. The topological polar surface area (TPSA) is 51.8 Å². The average Bonchev–Trinajstić information content (AvgIpc) is 3.53. The summed E-state index contributed by atoms with van der Waals surface area (Å²) in [6, 6.07) is 56.4. The Labute approximate surface area is 271 Å². The minimum Gasteiger partial charge on any atom is -0.455 e. The molecular formula is C43H27N3O. The Morgan fingerprint density at radius 1 is 0.340 bits per heavy atom. The molecule has 0 saturated heterocycles. The van der Waals surface area contributed by atoms with Crippen molar-refractivity contribution in [3.8, 4) is 56.4 Å². The fraction of sp³-hybridized carbons (Fsp3) is 0. The van der Waals surface area contributed by atoms with E-state index in [2.05, 4.69) is 115 Å². The monoisotopic (exact) mass is 601 g/mol. The summed E-state index contributed by atoms with van der Waals surface area (Å²) in [6.45, 7) is 0. The smallest absolute Gasteiger partial charge is 0.164 e. The third-order valence-corrected chi connectivity index (χ3v) is 8.74. The van der Waals surface area contributed by atoms with E-state index in [1.54, 1.807) is 0 Å². The summed E-state index contributed by atoms with van der Waals surface area (Å²) in [4.78, 5) is 14.9. The zero-order valence-electron chi connectivity index (χ0n) is 25.3. The van der Waals surface area contributed by atoms with Gasteiger partial charge in [0.05, 0.1) is 0 Å². The van der Waals surface area contributed by atoms with Gasteiger partial charge < -0.3 is 4.42 Å². The Morgan fingerprint density at radius 2 is 0.894 bits per heavy atom. The standard InChI is InChI=1S/C43H27N3O/c1-3-10-28(11-4-1)30-18-21-31(22-19-30)36-16-9-17-38-37-25-24-35(27-39(37)47-40(36)38)43-45-41(32-13-5-2-6-14-32)44-42(46-43)34-23-20-29-12-7-8-15-33(29)26-34/h1-27H. The molecule has 9 aromatic rings. The van der Waals surface area contributed by atoms with Crippen LogP contribution >= 0.6 is 0 Å². The highest BCUT2D eigenvalue weighted by Crippen LogP contribution is 2.38. The van der Waals surface area contributed by atoms with Gasteiger partial charge in [0.2, 0.25) is 0 Å². The molecule has 0 radical (unpaired) electrons. The van der Waals surface area contributed by atoms with E-state index in [1.165, 1.54) is 16.5 Å². The van der Waals surface area contributed by atoms with Crippen LogP contribution in [0, 0.1) is 0 Å². The van der Waals surface area contributed by atoms with E-state index in [0.29, 0.717) is 17.5 Å². The number of rotatable bonds is 5. The Hall–Kier alpha value is -6.39. The number of fused-ring (bicyclic) bond motifs is 4. The van der Waals surface area contributed by atoms with Crippen molar-refractivity contribution in [1.29, 1.82) is 0 Å². The number of hydrogen-bond acceptors (Lipinski definition) is 4. The Bertz CT molecular complexity index is 2550. The van der Waals surface area contributed by atoms with Gasteiger partial charge in [-0.3, -0.25) is 0 Å². The van der Waals surface area contributed by atoms with Gasteiger partial charge in [0.25, 0.3) is 0 Å². The van der Waals surface area contributed by atoms with Crippen LogP contribution in [0.5, 0.6) is 0 Å². The maximum atomic E-state index is 6.62. The molecule has 0 aliphatic heterocycles. The molecule has 9 rings (SSSR count). The number of furan rings is 1. The number of benzene rings is 7. The number of aromatic nitrogens is 3. The van der Waals surface area contributed by atoms with Crippen LogP contribution in [0.3, 0.4) is 0 Å². The van der Waals surface area contributed by atoms with E-state index in [4.69, 9.17) is 19.4 Å². The molecule has 0 fully saturated rings. The molecule has 47 heavy (non-hydrogen) atoms. The largest absolute Gasteiger partial charge is 0.455 e. The van der Waals surface area contributed by atoms with Crippen LogP contribution in [0.25, 0.3) is 89.1 Å². The van der Waals surface area contributed by atoms with Gasteiger partial charge in [0.15, 0.2) is 17.5 Å². The lowest BCUT2D eigenvalue weighted by atomic mass is 9.99. The molecule has 4 nitrogen and oxygen atoms in total. The first-order chi connectivity index (χ1) is 23.3. The zero-order valence-corrected chi connectivity index (χ0v) is 25.3. The van der Waals surface area contributed by atoms with Gasteiger partial charge in [-0.25, -0.2) is 15.0 Å². The van der Waals surface area contributed by atoms with Crippen LogP contribution in [-0.2, 0) is 0 Å². The van der Waals surface area contributed by atoms with Crippen molar-refractivity contribution >= 4 is 32.7 Å². The molecule has 2 heterocycles. The molecule has 0 aliphatic carbocycles. The highest BCUT2D eigenvalue weighted by molar-refractivity contribution is 6.10. The second-order valence-corrected chi connectivity index (χ2v) is 11.7. The molecule has 0 unspecified atom stereocenters. The summed E-state index contributed by atoms with van der Waals surface area (Å²) < 4.78 is 6.62. The number of nitrogens with zero attached hydrogens (tertiary/aromatic N) is 3. The maximum absolute atomic E-state index is 6.62. The van der Waals surface area contributed by atoms with Crippen molar-refractivity contribution in [2.75, 3.05) is 0 Å². The molecule has 0 bridgehead atoms. The normalized spacial score (nSPS) is 11.4. The molecule has 0 atom stereocenters. The molecule has 0 saturated carbocycles. The van der Waals surface area contributed by atoms with Crippen molar-refractivity contribution in [1.82, 2.24) is 15.0 Å². The summed E-state index contributed by atoms with van der Waals surface area (Å²) in [5.41, 5.74) is 8.96. The van der Waals surface area contributed by atoms with Crippen LogP contribution < -0.4 is 0 Å². The molecular weight excluding hydrogens is 574 g/mol. The molecule has 0 amide bonds. The van der Waals surface area contributed by atoms with Crippen LogP contribution in [-0.4, -0.2) is 15.0 Å². The number of para-hydroxylation sites is 1. The van der Waals surface area contributed by atoms with E-state index in [1.807, 2.05) is 48.5 Å². The lowest BCUT2D eigenvalue weighted by molar-refractivity contribution is 0.670. The molecule has 4 heteroatoms. The van der Waals surface area contributed by atoms with E-state index < -0.39 is 0 Å². The van der Waals surface area contributed by atoms with Crippen LogP contribution in [0.2, 0.25) is 0 Å². The minimum absolute atomic E-state index is 0.598. The Kier molecular flexibility index (Phi) is 6.43. The lowest BCUT2D eigenvalue weighted by Gasteiger charge is -2.09. The molecule has 2 aromatic heterocycles. The first-order valence-electron chi connectivity index (χ1n) is 15.7. The highest BCUT2D eigenvalue weighted by Gasteiger charge is 2.16. The average molecular weight is 602 g/mol. The van der Waals surface area contributed by atoms with E-state index in [-0.39, 0.29) is 0 Å². The van der Waals surface area contributed by atoms with E-state index in [9.17, 15) is 0 Å². The van der Waals surface area contributed by atoms with Crippen molar-refractivity contribution in [3.05, 3.63) is 164 Å². The zero-order chi connectivity index (χ0) is 31.2. The summed E-state index contributed by atoms with van der Waals surface area (Å²) in [6.07, 6.45) is 0. The second-order valence-electron chi connectivity index (χ2n) is 11.7. The van der Waals surface area contributed by atoms with Crippen LogP contribution in [0.1, 0.15) is 0 Å². The van der Waals surface area contributed by atoms with Gasteiger partial charge in [0, 0.05) is 33.0 Å². The summed E-state index contributed by atoms with van der Waals surface area (Å²) >= 11 is 0. The molecule has 0 spiro atoms. The fourth-order valence-corrected chi connectivity index (χ4v) is 6.32. The quantitative estimate of drug-likeness (QED) is 0.197. The fourth-order valence-electron chi connectivity index (χ4n) is 6.32. The van der Waals surface area contributed by atoms with Gasteiger partial charge >= 0.3 is 0 Å². The first kappa shape index (κ1) is 27.0. The SMILES string of the molecule is c1ccc(-c2ccc(-c3cccc4c3oc3cc(-c5nc(-c6ccccc6)nc(-c6ccc7ccccc7c6)n5)ccc34)cc2)cc1. The van der Waals surface area contributed by atoms with Gasteiger partial charge in [-0.2, -0.15) is 0 Å². The predicted octanol–water partition coefficient (Wildman–Crippen LogP) is 11.3. The van der Waals surface area contributed by atoms with Crippen molar-refractivity contribution in [3.63, 3.8) is 0 Å². The van der Waals surface area contributed by atoms with Crippen LogP contribution in [0.4, 0.5) is 0 Å². The highest BCUT2D eigenvalue weighted by atomic mass is 16.3. The first-order valence-corrected chi connectivity index (χ1v) is 15.7. The van der Waals surface area contributed by atoms with E-state index >= 15 is 0 Å². The predicted molar refractivity (Wildman–Crippen MR) is 192 cm³/mol. The Morgan fingerprint density at radius 3 is 1.64 bits per heavy atom. The second kappa shape index (κ2) is 11.2. The van der Waals surface area contributed by atoms with Crippen LogP contribution in [0.15, 0.2) is 168 Å². The van der Waals surface area contributed by atoms with Gasteiger partial charge in [0.1, 0.15) is 11.2 Å². The van der Waals surface area contributed by atoms with E-state index in [0.717, 1.165) is 55.1 Å². The van der Waals surface area contributed by atoms with Crippen molar-refractivity contribution in [2.24, 2.45) is 0 Å². The minimum atomic E-state index is 0.598. The third kappa shape index (κ3) is 4.93. The Balaban J connectivity index is 1.15. The molecule has 7 aromatic carbocycles. The van der Waals surface area contributed by atoms with Crippen molar-refractivity contribution in [2.45, 2.75) is 0 Å². The molecule has 220 valence electrons. The maximum Gasteiger partial charge on any atom is 0.164 e. The lowest BCUT2D eigenvalue weighted by Crippen LogP contribution is -2.00. The molecule has 0 aliphatic rings. The number of hydrogen-bond donors (Lipinski definition) is 0. The van der Waals surface area contributed by atoms with Crippen molar-refractivity contribution < 1.29 is 4.42 Å². The van der Waals surface area contributed by atoms with Gasteiger partial charge in [-0.1, -0.05) is 146 Å². The summed E-state index contributed by atoms with van der Waals surface area (Å²) in [5.74, 6) is 1.86. The summed E-state index contributed by atoms with van der Waals surface area (Å²) in [7, 11) is 0. The third-order valence-electron chi connectivity index (χ3n) is 8.74.